The molecule has 0 saturated carbocycles. The largest absolute Gasteiger partial charge is 0.497 e. The first-order valence-corrected chi connectivity index (χ1v) is 9.80. The van der Waals surface area contributed by atoms with Crippen molar-refractivity contribution in [2.45, 2.75) is 6.61 Å². The van der Waals surface area contributed by atoms with Gasteiger partial charge in [-0.15, -0.1) is 0 Å². The molecule has 30 heavy (non-hydrogen) atoms. The molecule has 0 aliphatic heterocycles. The number of nitriles is 1. The zero-order valence-corrected chi connectivity index (χ0v) is 17.7. The second kappa shape index (κ2) is 9.77. The summed E-state index contributed by atoms with van der Waals surface area (Å²) >= 11 is 3.46. The highest BCUT2D eigenvalue weighted by atomic mass is 79.9. The third-order valence-corrected chi connectivity index (χ3v) is 4.88. The molecule has 3 rings (SSSR count). The topological polar surface area (TPSA) is 79.5 Å². The predicted molar refractivity (Wildman–Crippen MR) is 118 cm³/mol. The summed E-state index contributed by atoms with van der Waals surface area (Å²) in [6.45, 7) is 0.271. The third-order valence-electron chi connectivity index (χ3n) is 4.39. The number of hydrogen-bond acceptors (Lipinski definition) is 4. The lowest BCUT2D eigenvalue weighted by Crippen LogP contribution is -2.00. The first kappa shape index (κ1) is 21.2. The molecule has 0 spiro atoms. The Balaban J connectivity index is 1.85. The van der Waals surface area contributed by atoms with Gasteiger partial charge in [-0.1, -0.05) is 28.1 Å². The van der Waals surface area contributed by atoms with Crippen LogP contribution in [0.5, 0.6) is 11.5 Å². The predicted octanol–water partition coefficient (Wildman–Crippen LogP) is 5.80. The molecule has 0 saturated heterocycles. The molecular formula is C24H18BrNO4. The summed E-state index contributed by atoms with van der Waals surface area (Å²) in [6, 6.07) is 21.6. The Morgan fingerprint density at radius 2 is 1.73 bits per heavy atom. The number of carboxylic acid groups (broad SMARTS) is 1. The van der Waals surface area contributed by atoms with Gasteiger partial charge in [0.2, 0.25) is 0 Å². The first-order valence-electron chi connectivity index (χ1n) is 9.01. The average molecular weight is 464 g/mol. The van der Waals surface area contributed by atoms with Crippen LogP contribution in [0.3, 0.4) is 0 Å². The standard InChI is InChI=1S/C24H18BrNO4/c1-29-22-9-6-17(7-10-22)20(14-26)12-19-13-21(25)8-11-23(19)30-15-16-2-4-18(5-3-16)24(27)28/h2-13H,15H2,1H3,(H,27,28)/b20-12+. The number of halogens is 1. The Labute approximate surface area is 182 Å². The molecule has 5 nitrogen and oxygen atoms in total. The number of carboxylic acids is 1. The van der Waals surface area contributed by atoms with E-state index in [4.69, 9.17) is 14.6 Å². The highest BCUT2D eigenvalue weighted by Gasteiger charge is 2.08. The Morgan fingerprint density at radius 1 is 1.07 bits per heavy atom. The van der Waals surface area contributed by atoms with Crippen LogP contribution in [-0.2, 0) is 6.61 Å². The zero-order valence-electron chi connectivity index (χ0n) is 16.1. The Morgan fingerprint density at radius 3 is 2.33 bits per heavy atom. The van der Waals surface area contributed by atoms with Crippen LogP contribution in [0, 0.1) is 11.3 Å². The van der Waals surface area contributed by atoms with Crippen LogP contribution < -0.4 is 9.47 Å². The molecule has 3 aromatic carbocycles. The second-order valence-corrected chi connectivity index (χ2v) is 7.29. The van der Waals surface area contributed by atoms with Crippen LogP contribution in [0.25, 0.3) is 11.6 Å². The lowest BCUT2D eigenvalue weighted by atomic mass is 10.0. The van der Waals surface area contributed by atoms with Gasteiger partial charge in [-0.2, -0.15) is 5.26 Å². The van der Waals surface area contributed by atoms with Gasteiger partial charge < -0.3 is 14.6 Å². The Kier molecular flexibility index (Phi) is 6.89. The van der Waals surface area contributed by atoms with Gasteiger partial charge in [0.05, 0.1) is 24.3 Å². The molecule has 0 aliphatic rings. The molecule has 0 aliphatic carbocycles. The van der Waals surface area contributed by atoms with Crippen molar-refractivity contribution in [1.82, 2.24) is 0 Å². The fraction of sp³-hybridized carbons (Fsp3) is 0.0833. The number of methoxy groups -OCH3 is 1. The molecule has 0 heterocycles. The molecule has 3 aromatic rings. The highest BCUT2D eigenvalue weighted by Crippen LogP contribution is 2.29. The molecule has 0 atom stereocenters. The van der Waals surface area contributed by atoms with E-state index >= 15 is 0 Å². The number of hydrogen-bond donors (Lipinski definition) is 1. The molecule has 1 N–H and O–H groups in total. The van der Waals surface area contributed by atoms with Crippen molar-refractivity contribution in [2.75, 3.05) is 7.11 Å². The minimum atomic E-state index is -0.967. The Bertz CT molecular complexity index is 1110. The van der Waals surface area contributed by atoms with E-state index in [0.717, 1.165) is 26.9 Å². The fourth-order valence-corrected chi connectivity index (χ4v) is 3.15. The summed E-state index contributed by atoms with van der Waals surface area (Å²) in [5.74, 6) is 0.364. The van der Waals surface area contributed by atoms with E-state index in [9.17, 15) is 10.1 Å². The van der Waals surface area contributed by atoms with Gasteiger partial charge in [-0.05, 0) is 71.8 Å². The first-order chi connectivity index (χ1) is 14.5. The molecule has 0 radical (unpaired) electrons. The molecule has 0 aromatic heterocycles. The maximum Gasteiger partial charge on any atom is 0.335 e. The van der Waals surface area contributed by atoms with Gasteiger partial charge >= 0.3 is 5.97 Å². The minimum absolute atomic E-state index is 0.226. The number of ether oxygens (including phenoxy) is 2. The van der Waals surface area contributed by atoms with Gasteiger partial charge in [0.1, 0.15) is 18.1 Å². The van der Waals surface area contributed by atoms with E-state index in [1.54, 1.807) is 49.6 Å². The summed E-state index contributed by atoms with van der Waals surface area (Å²) in [5.41, 5.74) is 3.08. The van der Waals surface area contributed by atoms with Crippen LogP contribution in [0.2, 0.25) is 0 Å². The van der Waals surface area contributed by atoms with Gasteiger partial charge in [0.25, 0.3) is 0 Å². The molecule has 6 heteroatoms. The van der Waals surface area contributed by atoms with Crippen LogP contribution in [0.15, 0.2) is 71.2 Å². The minimum Gasteiger partial charge on any atom is -0.497 e. The average Bonchev–Trinajstić information content (AvgIpc) is 2.77. The SMILES string of the molecule is COc1ccc(/C(C#N)=C/c2cc(Br)ccc2OCc2ccc(C(=O)O)cc2)cc1. The number of aromatic carboxylic acids is 1. The number of nitrogens with zero attached hydrogens (tertiary/aromatic N) is 1. The normalized spacial score (nSPS) is 10.9. The molecule has 0 fully saturated rings. The third kappa shape index (κ3) is 5.28. The maximum atomic E-state index is 11.0. The van der Waals surface area contributed by atoms with Crippen molar-refractivity contribution in [3.05, 3.63) is 93.5 Å². The monoisotopic (exact) mass is 463 g/mol. The summed E-state index contributed by atoms with van der Waals surface area (Å²) in [6.07, 6.45) is 1.77. The van der Waals surface area contributed by atoms with E-state index in [-0.39, 0.29) is 12.2 Å². The smallest absolute Gasteiger partial charge is 0.335 e. The molecule has 0 amide bonds. The van der Waals surface area contributed by atoms with Crippen LogP contribution in [0.1, 0.15) is 27.0 Å². The Hall–Kier alpha value is -3.56. The van der Waals surface area contributed by atoms with Gasteiger partial charge in [-0.25, -0.2) is 4.79 Å². The van der Waals surface area contributed by atoms with E-state index < -0.39 is 5.97 Å². The van der Waals surface area contributed by atoms with Crippen molar-refractivity contribution >= 4 is 33.5 Å². The number of benzene rings is 3. The zero-order chi connectivity index (χ0) is 21.5. The summed E-state index contributed by atoms with van der Waals surface area (Å²) < 4.78 is 12.0. The fourth-order valence-electron chi connectivity index (χ4n) is 2.77. The van der Waals surface area contributed by atoms with E-state index in [2.05, 4.69) is 22.0 Å². The van der Waals surface area contributed by atoms with Crippen LogP contribution >= 0.6 is 15.9 Å². The quantitative estimate of drug-likeness (QED) is 0.353. The summed E-state index contributed by atoms with van der Waals surface area (Å²) in [7, 11) is 1.59. The second-order valence-electron chi connectivity index (χ2n) is 6.37. The summed E-state index contributed by atoms with van der Waals surface area (Å²) in [5, 5.41) is 18.7. The molecular weight excluding hydrogens is 446 g/mol. The number of rotatable bonds is 7. The maximum absolute atomic E-state index is 11.0. The van der Waals surface area contributed by atoms with Crippen LogP contribution in [0.4, 0.5) is 0 Å². The van der Waals surface area contributed by atoms with Gasteiger partial charge in [-0.3, -0.25) is 0 Å². The van der Waals surface area contributed by atoms with Crippen molar-refractivity contribution < 1.29 is 19.4 Å². The lowest BCUT2D eigenvalue weighted by Gasteiger charge is -2.11. The molecule has 150 valence electrons. The van der Waals surface area contributed by atoms with Gasteiger partial charge in [0.15, 0.2) is 0 Å². The highest BCUT2D eigenvalue weighted by molar-refractivity contribution is 9.10. The van der Waals surface area contributed by atoms with Crippen molar-refractivity contribution in [1.29, 1.82) is 5.26 Å². The van der Waals surface area contributed by atoms with Crippen molar-refractivity contribution in [3.63, 3.8) is 0 Å². The van der Waals surface area contributed by atoms with E-state index in [1.807, 2.05) is 30.3 Å². The molecule has 0 bridgehead atoms. The van der Waals surface area contributed by atoms with Gasteiger partial charge in [0, 0.05) is 10.0 Å². The number of allylic oxidation sites excluding steroid dienone is 1. The lowest BCUT2D eigenvalue weighted by molar-refractivity contribution is 0.0697. The van der Waals surface area contributed by atoms with E-state index in [0.29, 0.717) is 11.3 Å². The van der Waals surface area contributed by atoms with E-state index in [1.165, 1.54) is 0 Å². The van der Waals surface area contributed by atoms with Crippen molar-refractivity contribution in [3.8, 4) is 17.6 Å². The summed E-state index contributed by atoms with van der Waals surface area (Å²) in [4.78, 5) is 11.0. The van der Waals surface area contributed by atoms with Crippen LogP contribution in [-0.4, -0.2) is 18.2 Å². The molecule has 0 unspecified atom stereocenters. The van der Waals surface area contributed by atoms with Crippen molar-refractivity contribution in [2.24, 2.45) is 0 Å². The number of carbonyl (C=O) groups is 1.